The Morgan fingerprint density at radius 1 is 1.00 bits per heavy atom. The summed E-state index contributed by atoms with van der Waals surface area (Å²) < 4.78 is 38.3. The number of carbonyl (C=O) groups is 2. The summed E-state index contributed by atoms with van der Waals surface area (Å²) in [4.78, 5) is 35.5. The second-order valence-corrected chi connectivity index (χ2v) is 7.73. The Kier molecular flexibility index (Phi) is 8.34. The summed E-state index contributed by atoms with van der Waals surface area (Å²) in [5.41, 5.74) is 0.821. The van der Waals surface area contributed by atoms with Crippen molar-refractivity contribution in [3.05, 3.63) is 71.7 Å². The molecule has 0 fully saturated rings. The van der Waals surface area contributed by atoms with Crippen LogP contribution in [-0.2, 0) is 11.0 Å². The molecule has 2 heterocycles. The van der Waals surface area contributed by atoms with Crippen LogP contribution in [0.2, 0.25) is 0 Å². The van der Waals surface area contributed by atoms with Gasteiger partial charge in [-0.1, -0.05) is 25.5 Å². The molecular weight excluding hydrogens is 463 g/mol. The summed E-state index contributed by atoms with van der Waals surface area (Å²) in [7, 11) is 0. The van der Waals surface area contributed by atoms with Crippen LogP contribution in [0.4, 0.5) is 19.0 Å². The number of nitrogens with zero attached hydrogens (tertiary/aromatic N) is 3. The highest BCUT2D eigenvalue weighted by molar-refractivity contribution is 5.94. The molecule has 3 aromatic rings. The molecule has 1 amide bonds. The Labute approximate surface area is 199 Å². The molecule has 3 rings (SSSR count). The number of alkyl halides is 3. The normalized spacial score (nSPS) is 12.1. The van der Waals surface area contributed by atoms with E-state index >= 15 is 0 Å². The van der Waals surface area contributed by atoms with Crippen molar-refractivity contribution in [1.82, 2.24) is 20.3 Å². The summed E-state index contributed by atoms with van der Waals surface area (Å²) >= 11 is 0. The number of hydrogen-bond acceptors (Lipinski definition) is 6. The zero-order chi connectivity index (χ0) is 25.4. The Hall–Kier alpha value is -4.02. The summed E-state index contributed by atoms with van der Waals surface area (Å²) in [6.45, 7) is 2.04. The topological polar surface area (TPSA) is 117 Å². The molecule has 0 bridgehead atoms. The number of pyridine rings is 1. The van der Waals surface area contributed by atoms with Gasteiger partial charge in [-0.05, 0) is 30.7 Å². The van der Waals surface area contributed by atoms with E-state index in [1.54, 1.807) is 24.5 Å². The van der Waals surface area contributed by atoms with Crippen molar-refractivity contribution < 1.29 is 27.9 Å². The maximum Gasteiger partial charge on any atom is 0.416 e. The van der Waals surface area contributed by atoms with Crippen molar-refractivity contribution in [3.8, 4) is 11.4 Å². The molecule has 35 heavy (non-hydrogen) atoms. The van der Waals surface area contributed by atoms with E-state index in [0.717, 1.165) is 30.5 Å². The molecule has 2 aromatic heterocycles. The molecule has 0 aliphatic carbocycles. The third-order valence-corrected chi connectivity index (χ3v) is 5.09. The van der Waals surface area contributed by atoms with E-state index in [1.165, 1.54) is 18.3 Å². The first kappa shape index (κ1) is 25.6. The number of carbonyl (C=O) groups excluding carboxylic acids is 1. The largest absolute Gasteiger partial charge is 0.481 e. The zero-order valence-electron chi connectivity index (χ0n) is 18.8. The quantitative estimate of drug-likeness (QED) is 0.379. The van der Waals surface area contributed by atoms with E-state index in [2.05, 4.69) is 25.6 Å². The average molecular weight is 487 g/mol. The van der Waals surface area contributed by atoms with E-state index < -0.39 is 23.6 Å². The van der Waals surface area contributed by atoms with Crippen LogP contribution in [0.1, 0.15) is 53.7 Å². The number of amides is 1. The first-order valence-corrected chi connectivity index (χ1v) is 10.9. The Bertz CT molecular complexity index is 1140. The number of carboxylic acids is 1. The van der Waals surface area contributed by atoms with Gasteiger partial charge in [0.25, 0.3) is 5.91 Å². The fraction of sp³-hybridized carbons (Fsp3) is 0.292. The fourth-order valence-corrected chi connectivity index (χ4v) is 3.26. The molecule has 1 aromatic carbocycles. The van der Waals surface area contributed by atoms with Crippen LogP contribution in [0.15, 0.2) is 55.0 Å². The third-order valence-electron chi connectivity index (χ3n) is 5.09. The minimum Gasteiger partial charge on any atom is -0.481 e. The summed E-state index contributed by atoms with van der Waals surface area (Å²) in [6, 6.07) is 7.71. The summed E-state index contributed by atoms with van der Waals surface area (Å²) in [5, 5.41) is 14.4. The van der Waals surface area contributed by atoms with Crippen LogP contribution < -0.4 is 10.6 Å². The van der Waals surface area contributed by atoms with Crippen molar-refractivity contribution in [2.75, 3.05) is 11.9 Å². The van der Waals surface area contributed by atoms with E-state index in [0.29, 0.717) is 22.8 Å². The summed E-state index contributed by atoms with van der Waals surface area (Å²) in [5.74, 6) is -0.574. The van der Waals surface area contributed by atoms with Crippen LogP contribution in [0.25, 0.3) is 11.4 Å². The van der Waals surface area contributed by atoms with Gasteiger partial charge in [0, 0.05) is 36.3 Å². The molecular formula is C24H24F3N5O3. The molecule has 0 aliphatic rings. The minimum absolute atomic E-state index is 0.0230. The number of nitrogens with one attached hydrogen (secondary N) is 2. The SMILES string of the molecule is CCCC(Nc1ccc(C(=O)NCCC(=O)O)cn1)c1cnc(-c2ccc(C(F)(F)F)cc2)nc1. The predicted octanol–water partition coefficient (Wildman–Crippen LogP) is 4.72. The van der Waals surface area contributed by atoms with Crippen molar-refractivity contribution in [2.45, 2.75) is 38.4 Å². The van der Waals surface area contributed by atoms with Gasteiger partial charge in [-0.15, -0.1) is 0 Å². The number of hydrogen-bond donors (Lipinski definition) is 3. The van der Waals surface area contributed by atoms with Gasteiger partial charge in [-0.25, -0.2) is 15.0 Å². The molecule has 8 nitrogen and oxygen atoms in total. The molecule has 0 spiro atoms. The second kappa shape index (κ2) is 11.4. The van der Waals surface area contributed by atoms with Gasteiger partial charge in [0.05, 0.1) is 23.6 Å². The van der Waals surface area contributed by atoms with Gasteiger partial charge >= 0.3 is 12.1 Å². The molecule has 0 aliphatic heterocycles. The van der Waals surface area contributed by atoms with Crippen LogP contribution >= 0.6 is 0 Å². The van der Waals surface area contributed by atoms with Crippen LogP contribution in [-0.4, -0.2) is 38.5 Å². The first-order valence-electron chi connectivity index (χ1n) is 10.9. The van der Waals surface area contributed by atoms with Crippen molar-refractivity contribution in [1.29, 1.82) is 0 Å². The maximum absolute atomic E-state index is 12.8. The number of aliphatic carboxylic acids is 1. The first-order chi connectivity index (χ1) is 16.7. The highest BCUT2D eigenvalue weighted by Crippen LogP contribution is 2.30. The number of anilines is 1. The molecule has 1 atom stereocenters. The van der Waals surface area contributed by atoms with E-state index in [9.17, 15) is 22.8 Å². The molecule has 11 heteroatoms. The van der Waals surface area contributed by atoms with E-state index in [-0.39, 0.29) is 19.0 Å². The lowest BCUT2D eigenvalue weighted by atomic mass is 10.1. The van der Waals surface area contributed by atoms with Gasteiger partial charge in [-0.2, -0.15) is 13.2 Å². The van der Waals surface area contributed by atoms with Gasteiger partial charge in [-0.3, -0.25) is 9.59 Å². The molecule has 3 N–H and O–H groups in total. The molecule has 184 valence electrons. The van der Waals surface area contributed by atoms with Gasteiger partial charge in [0.15, 0.2) is 5.82 Å². The number of rotatable bonds is 10. The minimum atomic E-state index is -4.40. The fourth-order valence-electron chi connectivity index (χ4n) is 3.26. The number of carboxylic acid groups (broad SMARTS) is 1. The van der Waals surface area contributed by atoms with Crippen LogP contribution in [0.5, 0.6) is 0 Å². The van der Waals surface area contributed by atoms with Crippen LogP contribution in [0, 0.1) is 0 Å². The van der Waals surface area contributed by atoms with Crippen molar-refractivity contribution in [3.63, 3.8) is 0 Å². The third kappa shape index (κ3) is 7.23. The highest BCUT2D eigenvalue weighted by atomic mass is 19.4. The van der Waals surface area contributed by atoms with E-state index in [1.807, 2.05) is 6.92 Å². The average Bonchev–Trinajstić information content (AvgIpc) is 2.83. The van der Waals surface area contributed by atoms with Gasteiger partial charge in [0.2, 0.25) is 0 Å². The van der Waals surface area contributed by atoms with Crippen molar-refractivity contribution >= 4 is 17.7 Å². The van der Waals surface area contributed by atoms with E-state index in [4.69, 9.17) is 5.11 Å². The molecule has 1 unspecified atom stereocenters. The smallest absolute Gasteiger partial charge is 0.416 e. The zero-order valence-corrected chi connectivity index (χ0v) is 18.8. The molecule has 0 radical (unpaired) electrons. The molecule has 0 saturated heterocycles. The predicted molar refractivity (Wildman–Crippen MR) is 123 cm³/mol. The lowest BCUT2D eigenvalue weighted by molar-refractivity contribution is -0.138. The monoisotopic (exact) mass is 487 g/mol. The lowest BCUT2D eigenvalue weighted by Gasteiger charge is -2.19. The maximum atomic E-state index is 12.8. The Morgan fingerprint density at radius 3 is 2.23 bits per heavy atom. The van der Waals surface area contributed by atoms with Gasteiger partial charge in [0.1, 0.15) is 5.82 Å². The highest BCUT2D eigenvalue weighted by Gasteiger charge is 2.30. The molecule has 0 saturated carbocycles. The van der Waals surface area contributed by atoms with Crippen molar-refractivity contribution in [2.24, 2.45) is 0 Å². The number of aromatic nitrogens is 3. The summed E-state index contributed by atoms with van der Waals surface area (Å²) in [6.07, 6.45) is 1.65. The lowest BCUT2D eigenvalue weighted by Crippen LogP contribution is -2.26. The van der Waals surface area contributed by atoms with Crippen LogP contribution in [0.3, 0.4) is 0 Å². The standard InChI is InChI=1S/C24H24F3N5O3/c1-2-3-19(32-20-9-6-16(12-29-20)23(35)28-11-10-21(33)34)17-13-30-22(31-14-17)15-4-7-18(8-5-15)24(25,26)27/h4-9,12-14,19H,2-3,10-11H2,1H3,(H,28,35)(H,29,32)(H,33,34). The Morgan fingerprint density at radius 2 is 1.69 bits per heavy atom. The number of benzene rings is 1. The Balaban J connectivity index is 1.67. The second-order valence-electron chi connectivity index (χ2n) is 7.73. The van der Waals surface area contributed by atoms with Gasteiger partial charge < -0.3 is 15.7 Å². The number of halogens is 3.